The lowest BCUT2D eigenvalue weighted by molar-refractivity contribution is 0.0958. The fraction of sp³-hybridized carbons (Fsp3) is 0.400. The van der Waals surface area contributed by atoms with Crippen LogP contribution in [0.2, 0.25) is 0 Å². The summed E-state index contributed by atoms with van der Waals surface area (Å²) in [7, 11) is 1.59. The summed E-state index contributed by atoms with van der Waals surface area (Å²) in [6.45, 7) is 1.97. The van der Waals surface area contributed by atoms with Crippen LogP contribution in [0.1, 0.15) is 10.5 Å². The lowest BCUT2D eigenvalue weighted by Gasteiger charge is -2.28. The van der Waals surface area contributed by atoms with Gasteiger partial charge in [0.1, 0.15) is 5.69 Å². The maximum atomic E-state index is 11.2. The maximum Gasteiger partial charge on any atom is 0.269 e. The summed E-state index contributed by atoms with van der Waals surface area (Å²) < 4.78 is 0. The highest BCUT2D eigenvalue weighted by Crippen LogP contribution is 2.09. The Morgan fingerprint density at radius 3 is 2.80 bits per heavy atom. The fourth-order valence-electron chi connectivity index (χ4n) is 1.37. The van der Waals surface area contributed by atoms with Crippen molar-refractivity contribution in [1.29, 1.82) is 0 Å². The highest BCUT2D eigenvalue weighted by Gasteiger charge is 2.15. The van der Waals surface area contributed by atoms with E-state index in [4.69, 9.17) is 0 Å². The van der Waals surface area contributed by atoms with E-state index in [0.29, 0.717) is 11.7 Å². The number of nitrogens with one attached hydrogen (secondary N) is 3. The maximum absolute atomic E-state index is 11.2. The Kier molecular flexibility index (Phi) is 2.82. The van der Waals surface area contributed by atoms with Crippen LogP contribution < -0.4 is 16.0 Å². The van der Waals surface area contributed by atoms with Gasteiger partial charge in [0.25, 0.3) is 5.91 Å². The molecule has 5 heteroatoms. The third-order valence-electron chi connectivity index (χ3n) is 2.38. The second-order valence-corrected chi connectivity index (χ2v) is 3.51. The number of nitrogens with zero attached hydrogens (tertiary/aromatic N) is 1. The molecule has 1 aromatic heterocycles. The van der Waals surface area contributed by atoms with Crippen LogP contribution in [0.15, 0.2) is 18.3 Å². The number of carbonyl (C=O) groups is 1. The Morgan fingerprint density at radius 2 is 2.33 bits per heavy atom. The van der Waals surface area contributed by atoms with Gasteiger partial charge in [0.05, 0.1) is 17.9 Å². The third kappa shape index (κ3) is 2.24. The number of rotatable bonds is 3. The standard InChI is InChI=1S/C10H14N4O/c1-11-10(15)9-3-2-7(6-13-9)14-8-4-12-5-8/h2-3,6,8,12,14H,4-5H2,1H3,(H,11,15). The van der Waals surface area contributed by atoms with Crippen molar-refractivity contribution in [3.63, 3.8) is 0 Å². The van der Waals surface area contributed by atoms with E-state index in [2.05, 4.69) is 20.9 Å². The van der Waals surface area contributed by atoms with Gasteiger partial charge in [0.15, 0.2) is 0 Å². The van der Waals surface area contributed by atoms with Crippen LogP contribution in [0, 0.1) is 0 Å². The van der Waals surface area contributed by atoms with Crippen LogP contribution in [0.4, 0.5) is 5.69 Å². The number of pyridine rings is 1. The molecule has 5 nitrogen and oxygen atoms in total. The van der Waals surface area contributed by atoms with Crippen LogP contribution in [0.25, 0.3) is 0 Å². The molecular formula is C10H14N4O. The Balaban J connectivity index is 1.99. The van der Waals surface area contributed by atoms with Crippen LogP contribution in [-0.4, -0.2) is 37.1 Å². The Hall–Kier alpha value is -1.62. The van der Waals surface area contributed by atoms with Crippen LogP contribution >= 0.6 is 0 Å². The fourth-order valence-corrected chi connectivity index (χ4v) is 1.37. The van der Waals surface area contributed by atoms with Crippen LogP contribution in [-0.2, 0) is 0 Å². The molecule has 1 fully saturated rings. The van der Waals surface area contributed by atoms with Gasteiger partial charge in [-0.15, -0.1) is 0 Å². The topological polar surface area (TPSA) is 66.1 Å². The second kappa shape index (κ2) is 4.27. The molecule has 2 heterocycles. The SMILES string of the molecule is CNC(=O)c1ccc(NC2CNC2)cn1. The zero-order valence-corrected chi connectivity index (χ0v) is 8.58. The van der Waals surface area contributed by atoms with Crippen LogP contribution in [0.5, 0.6) is 0 Å². The van der Waals surface area contributed by atoms with Crippen LogP contribution in [0.3, 0.4) is 0 Å². The molecule has 15 heavy (non-hydrogen) atoms. The van der Waals surface area contributed by atoms with E-state index in [1.54, 1.807) is 19.3 Å². The number of aromatic nitrogens is 1. The first kappa shape index (κ1) is 9.92. The molecule has 1 aliphatic heterocycles. The van der Waals surface area contributed by atoms with Crippen molar-refractivity contribution < 1.29 is 4.79 Å². The molecular weight excluding hydrogens is 192 g/mol. The van der Waals surface area contributed by atoms with Gasteiger partial charge < -0.3 is 16.0 Å². The van der Waals surface area contributed by atoms with Crippen molar-refractivity contribution >= 4 is 11.6 Å². The number of carbonyl (C=O) groups excluding carboxylic acids is 1. The lowest BCUT2D eigenvalue weighted by Crippen LogP contribution is -2.51. The quantitative estimate of drug-likeness (QED) is 0.642. The highest BCUT2D eigenvalue weighted by molar-refractivity contribution is 5.92. The van der Waals surface area contributed by atoms with Crippen molar-refractivity contribution in [2.45, 2.75) is 6.04 Å². The molecule has 0 aromatic carbocycles. The summed E-state index contributed by atoms with van der Waals surface area (Å²) >= 11 is 0. The summed E-state index contributed by atoms with van der Waals surface area (Å²) in [6, 6.07) is 4.07. The van der Waals surface area contributed by atoms with Gasteiger partial charge in [-0.2, -0.15) is 0 Å². The molecule has 0 unspecified atom stereocenters. The number of hydrogen-bond donors (Lipinski definition) is 3. The van der Waals surface area contributed by atoms with Gasteiger partial charge in [-0.25, -0.2) is 4.98 Å². The molecule has 1 saturated heterocycles. The molecule has 1 amide bonds. The van der Waals surface area contributed by atoms with Crippen molar-refractivity contribution in [2.24, 2.45) is 0 Å². The minimum absolute atomic E-state index is 0.160. The summed E-state index contributed by atoms with van der Waals surface area (Å²) in [5, 5.41) is 9.01. The molecule has 0 radical (unpaired) electrons. The summed E-state index contributed by atoms with van der Waals surface area (Å²) in [4.78, 5) is 15.3. The molecule has 80 valence electrons. The molecule has 2 rings (SSSR count). The van der Waals surface area contributed by atoms with E-state index < -0.39 is 0 Å². The molecule has 1 aromatic rings. The molecule has 0 saturated carbocycles. The molecule has 0 spiro atoms. The zero-order chi connectivity index (χ0) is 10.7. The Morgan fingerprint density at radius 1 is 1.53 bits per heavy atom. The minimum Gasteiger partial charge on any atom is -0.379 e. The third-order valence-corrected chi connectivity index (χ3v) is 2.38. The molecule has 0 atom stereocenters. The second-order valence-electron chi connectivity index (χ2n) is 3.51. The van der Waals surface area contributed by atoms with Gasteiger partial charge in [-0.05, 0) is 12.1 Å². The number of hydrogen-bond acceptors (Lipinski definition) is 4. The largest absolute Gasteiger partial charge is 0.379 e. The van der Waals surface area contributed by atoms with Gasteiger partial charge in [0, 0.05) is 20.1 Å². The zero-order valence-electron chi connectivity index (χ0n) is 8.58. The van der Waals surface area contributed by atoms with E-state index in [0.717, 1.165) is 18.8 Å². The van der Waals surface area contributed by atoms with Gasteiger partial charge >= 0.3 is 0 Å². The first-order chi connectivity index (χ1) is 7.29. The van der Waals surface area contributed by atoms with Crippen molar-refractivity contribution in [3.8, 4) is 0 Å². The first-order valence-electron chi connectivity index (χ1n) is 4.95. The number of amides is 1. The Labute approximate surface area is 88.3 Å². The summed E-state index contributed by atoms with van der Waals surface area (Å²) in [5.74, 6) is -0.160. The van der Waals surface area contributed by atoms with Gasteiger partial charge in [-0.3, -0.25) is 4.79 Å². The van der Waals surface area contributed by atoms with Gasteiger partial charge in [0.2, 0.25) is 0 Å². The van der Waals surface area contributed by atoms with Crippen molar-refractivity contribution in [3.05, 3.63) is 24.0 Å². The average molecular weight is 206 g/mol. The molecule has 0 bridgehead atoms. The predicted octanol–water partition coefficient (Wildman–Crippen LogP) is -0.175. The molecule has 3 N–H and O–H groups in total. The van der Waals surface area contributed by atoms with E-state index in [1.165, 1.54) is 0 Å². The van der Waals surface area contributed by atoms with E-state index >= 15 is 0 Å². The monoisotopic (exact) mass is 206 g/mol. The molecule has 1 aliphatic rings. The summed E-state index contributed by atoms with van der Waals surface area (Å²) in [6.07, 6.45) is 1.68. The van der Waals surface area contributed by atoms with E-state index in [-0.39, 0.29) is 5.91 Å². The smallest absolute Gasteiger partial charge is 0.269 e. The predicted molar refractivity (Wildman–Crippen MR) is 57.9 cm³/mol. The normalized spacial score (nSPS) is 15.5. The minimum atomic E-state index is -0.160. The van der Waals surface area contributed by atoms with E-state index in [1.807, 2.05) is 6.07 Å². The lowest BCUT2D eigenvalue weighted by atomic mass is 10.2. The summed E-state index contributed by atoms with van der Waals surface area (Å²) in [5.41, 5.74) is 1.39. The van der Waals surface area contributed by atoms with Gasteiger partial charge in [-0.1, -0.05) is 0 Å². The Bertz CT molecular complexity index is 345. The highest BCUT2D eigenvalue weighted by atomic mass is 16.1. The van der Waals surface area contributed by atoms with E-state index in [9.17, 15) is 4.79 Å². The number of anilines is 1. The van der Waals surface area contributed by atoms with Crippen molar-refractivity contribution in [2.75, 3.05) is 25.5 Å². The van der Waals surface area contributed by atoms with Crippen molar-refractivity contribution in [1.82, 2.24) is 15.6 Å². The average Bonchev–Trinajstić information content (AvgIpc) is 2.23. The first-order valence-corrected chi connectivity index (χ1v) is 4.95. The molecule has 0 aliphatic carbocycles.